The molecule has 0 saturated carbocycles. The molecule has 0 aliphatic heterocycles. The third kappa shape index (κ3) is 3.37. The summed E-state index contributed by atoms with van der Waals surface area (Å²) < 4.78 is 15.9. The fourth-order valence-corrected chi connectivity index (χ4v) is 1.72. The SMILES string of the molecule is COc1ccc(COc2cnc(OC)c(C)c2)cc1. The standard InChI is InChI=1S/C15H17NO3/c1-11-8-14(9-16-15(11)18-3)19-10-12-4-6-13(17-2)7-5-12/h4-9H,10H2,1-3H3. The van der Waals surface area contributed by atoms with Crippen LogP contribution in [-0.4, -0.2) is 19.2 Å². The van der Waals surface area contributed by atoms with E-state index < -0.39 is 0 Å². The fraction of sp³-hybridized carbons (Fsp3) is 0.267. The molecule has 1 aromatic heterocycles. The Balaban J connectivity index is 1.99. The summed E-state index contributed by atoms with van der Waals surface area (Å²) in [4.78, 5) is 4.17. The molecule has 0 spiro atoms. The number of aryl methyl sites for hydroxylation is 1. The Morgan fingerprint density at radius 3 is 2.32 bits per heavy atom. The first-order valence-corrected chi connectivity index (χ1v) is 5.99. The highest BCUT2D eigenvalue weighted by molar-refractivity contribution is 5.32. The summed E-state index contributed by atoms with van der Waals surface area (Å²) in [6.45, 7) is 2.43. The third-order valence-electron chi connectivity index (χ3n) is 2.76. The van der Waals surface area contributed by atoms with Gasteiger partial charge in [0.05, 0.1) is 20.4 Å². The van der Waals surface area contributed by atoms with Crippen LogP contribution in [-0.2, 0) is 6.61 Å². The van der Waals surface area contributed by atoms with E-state index in [0.29, 0.717) is 12.5 Å². The molecule has 1 heterocycles. The van der Waals surface area contributed by atoms with Gasteiger partial charge in [-0.25, -0.2) is 4.98 Å². The minimum absolute atomic E-state index is 0.497. The minimum Gasteiger partial charge on any atom is -0.497 e. The second-order valence-electron chi connectivity index (χ2n) is 4.13. The maximum Gasteiger partial charge on any atom is 0.216 e. The molecule has 0 aliphatic rings. The molecule has 4 heteroatoms. The normalized spacial score (nSPS) is 10.1. The predicted octanol–water partition coefficient (Wildman–Crippen LogP) is 2.99. The molecule has 0 amide bonds. The van der Waals surface area contributed by atoms with E-state index in [4.69, 9.17) is 14.2 Å². The van der Waals surface area contributed by atoms with Crippen molar-refractivity contribution in [3.8, 4) is 17.4 Å². The fourth-order valence-electron chi connectivity index (χ4n) is 1.72. The summed E-state index contributed by atoms with van der Waals surface area (Å²) in [7, 11) is 3.25. The Kier molecular flexibility index (Phi) is 4.23. The van der Waals surface area contributed by atoms with Crippen LogP contribution in [0.1, 0.15) is 11.1 Å². The van der Waals surface area contributed by atoms with E-state index in [9.17, 15) is 0 Å². The highest BCUT2D eigenvalue weighted by atomic mass is 16.5. The van der Waals surface area contributed by atoms with E-state index in [1.54, 1.807) is 20.4 Å². The molecule has 0 fully saturated rings. The number of hydrogen-bond donors (Lipinski definition) is 0. The smallest absolute Gasteiger partial charge is 0.216 e. The van der Waals surface area contributed by atoms with Crippen molar-refractivity contribution in [1.82, 2.24) is 4.98 Å². The summed E-state index contributed by atoms with van der Waals surface area (Å²) in [5.74, 6) is 2.19. The average Bonchev–Trinajstić information content (AvgIpc) is 2.46. The van der Waals surface area contributed by atoms with Gasteiger partial charge >= 0.3 is 0 Å². The first-order valence-electron chi connectivity index (χ1n) is 5.99. The highest BCUT2D eigenvalue weighted by Gasteiger charge is 2.03. The first-order chi connectivity index (χ1) is 9.22. The van der Waals surface area contributed by atoms with Crippen LogP contribution in [0.4, 0.5) is 0 Å². The molecular weight excluding hydrogens is 242 g/mol. The lowest BCUT2D eigenvalue weighted by Gasteiger charge is -2.09. The Bertz CT molecular complexity index is 538. The summed E-state index contributed by atoms with van der Waals surface area (Å²) >= 11 is 0. The van der Waals surface area contributed by atoms with Crippen molar-refractivity contribution >= 4 is 0 Å². The van der Waals surface area contributed by atoms with Crippen LogP contribution < -0.4 is 14.2 Å². The molecule has 2 aromatic rings. The number of methoxy groups -OCH3 is 2. The zero-order valence-corrected chi connectivity index (χ0v) is 11.3. The predicted molar refractivity (Wildman–Crippen MR) is 72.9 cm³/mol. The lowest BCUT2D eigenvalue weighted by molar-refractivity contribution is 0.302. The average molecular weight is 259 g/mol. The van der Waals surface area contributed by atoms with Crippen molar-refractivity contribution in [1.29, 1.82) is 0 Å². The van der Waals surface area contributed by atoms with E-state index in [0.717, 1.165) is 22.6 Å². The largest absolute Gasteiger partial charge is 0.497 e. The van der Waals surface area contributed by atoms with E-state index in [-0.39, 0.29) is 0 Å². The molecule has 0 bridgehead atoms. The number of benzene rings is 1. The van der Waals surface area contributed by atoms with Gasteiger partial charge in [-0.2, -0.15) is 0 Å². The number of rotatable bonds is 5. The zero-order chi connectivity index (χ0) is 13.7. The molecule has 0 unspecified atom stereocenters. The van der Waals surface area contributed by atoms with Gasteiger partial charge in [0, 0.05) is 5.56 Å². The lowest BCUT2D eigenvalue weighted by atomic mass is 10.2. The molecule has 0 aliphatic carbocycles. The van der Waals surface area contributed by atoms with Gasteiger partial charge in [0.1, 0.15) is 18.1 Å². The summed E-state index contributed by atoms with van der Waals surface area (Å²) in [5, 5.41) is 0. The van der Waals surface area contributed by atoms with Crippen molar-refractivity contribution in [2.45, 2.75) is 13.5 Å². The van der Waals surface area contributed by atoms with E-state index in [2.05, 4.69) is 4.98 Å². The van der Waals surface area contributed by atoms with Crippen LogP contribution in [0.5, 0.6) is 17.4 Å². The Hall–Kier alpha value is -2.23. The Labute approximate surface area is 113 Å². The Morgan fingerprint density at radius 1 is 1.00 bits per heavy atom. The van der Waals surface area contributed by atoms with E-state index in [1.807, 2.05) is 37.3 Å². The van der Waals surface area contributed by atoms with Gasteiger partial charge in [0.2, 0.25) is 5.88 Å². The number of aromatic nitrogens is 1. The molecule has 4 nitrogen and oxygen atoms in total. The van der Waals surface area contributed by atoms with Crippen LogP contribution in [0.3, 0.4) is 0 Å². The Morgan fingerprint density at radius 2 is 1.74 bits per heavy atom. The monoisotopic (exact) mass is 259 g/mol. The molecule has 2 rings (SSSR count). The minimum atomic E-state index is 0.497. The van der Waals surface area contributed by atoms with Gasteiger partial charge in [-0.1, -0.05) is 12.1 Å². The first kappa shape index (κ1) is 13.2. The molecule has 1 aromatic carbocycles. The van der Waals surface area contributed by atoms with Crippen LogP contribution in [0.2, 0.25) is 0 Å². The number of hydrogen-bond acceptors (Lipinski definition) is 4. The topological polar surface area (TPSA) is 40.6 Å². The zero-order valence-electron chi connectivity index (χ0n) is 11.3. The van der Waals surface area contributed by atoms with Crippen LogP contribution in [0, 0.1) is 6.92 Å². The molecule has 19 heavy (non-hydrogen) atoms. The van der Waals surface area contributed by atoms with Crippen molar-refractivity contribution in [3.63, 3.8) is 0 Å². The lowest BCUT2D eigenvalue weighted by Crippen LogP contribution is -1.98. The molecule has 100 valence electrons. The van der Waals surface area contributed by atoms with Crippen molar-refractivity contribution in [3.05, 3.63) is 47.7 Å². The van der Waals surface area contributed by atoms with E-state index in [1.165, 1.54) is 0 Å². The van der Waals surface area contributed by atoms with Crippen LogP contribution >= 0.6 is 0 Å². The molecular formula is C15H17NO3. The molecule has 0 radical (unpaired) electrons. The molecule has 0 saturated heterocycles. The summed E-state index contributed by atoms with van der Waals surface area (Å²) in [6, 6.07) is 9.69. The van der Waals surface area contributed by atoms with Gasteiger partial charge in [-0.15, -0.1) is 0 Å². The quantitative estimate of drug-likeness (QED) is 0.827. The van der Waals surface area contributed by atoms with Gasteiger partial charge in [0.25, 0.3) is 0 Å². The van der Waals surface area contributed by atoms with Crippen molar-refractivity contribution < 1.29 is 14.2 Å². The second-order valence-corrected chi connectivity index (χ2v) is 4.13. The van der Waals surface area contributed by atoms with Crippen LogP contribution in [0.25, 0.3) is 0 Å². The van der Waals surface area contributed by atoms with E-state index >= 15 is 0 Å². The molecule has 0 atom stereocenters. The summed E-state index contributed by atoms with van der Waals surface area (Å²) in [6.07, 6.45) is 1.66. The third-order valence-corrected chi connectivity index (χ3v) is 2.76. The molecule has 0 N–H and O–H groups in total. The maximum atomic E-state index is 5.69. The number of pyridine rings is 1. The van der Waals surface area contributed by atoms with Crippen LogP contribution in [0.15, 0.2) is 36.5 Å². The number of ether oxygens (including phenoxy) is 3. The van der Waals surface area contributed by atoms with Gasteiger partial charge in [-0.05, 0) is 30.7 Å². The number of nitrogens with zero attached hydrogens (tertiary/aromatic N) is 1. The van der Waals surface area contributed by atoms with Crippen molar-refractivity contribution in [2.75, 3.05) is 14.2 Å². The van der Waals surface area contributed by atoms with Crippen molar-refractivity contribution in [2.24, 2.45) is 0 Å². The summed E-state index contributed by atoms with van der Waals surface area (Å²) in [5.41, 5.74) is 2.03. The second kappa shape index (κ2) is 6.09. The maximum absolute atomic E-state index is 5.69. The highest BCUT2D eigenvalue weighted by Crippen LogP contribution is 2.20. The van der Waals surface area contributed by atoms with Gasteiger partial charge in [0.15, 0.2) is 0 Å². The van der Waals surface area contributed by atoms with Gasteiger partial charge < -0.3 is 14.2 Å². The van der Waals surface area contributed by atoms with Gasteiger partial charge in [-0.3, -0.25) is 0 Å².